The summed E-state index contributed by atoms with van der Waals surface area (Å²) >= 11 is 0. The lowest BCUT2D eigenvalue weighted by atomic mass is 10.0. The summed E-state index contributed by atoms with van der Waals surface area (Å²) in [5.74, 6) is -1.74. The van der Waals surface area contributed by atoms with E-state index in [4.69, 9.17) is 14.2 Å². The number of carbonyl (C=O) groups is 2. The second-order valence-corrected chi connectivity index (χ2v) is 11.2. The number of esters is 2. The van der Waals surface area contributed by atoms with Gasteiger partial charge in [-0.2, -0.15) is 0 Å². The maximum absolute atomic E-state index is 15.0. The molecule has 43 heavy (non-hydrogen) atoms. The van der Waals surface area contributed by atoms with Gasteiger partial charge >= 0.3 is 11.9 Å². The van der Waals surface area contributed by atoms with E-state index in [0.717, 1.165) is 62.8 Å². The second kappa shape index (κ2) is 18.0. The fourth-order valence-corrected chi connectivity index (χ4v) is 4.64. The Morgan fingerprint density at radius 1 is 0.698 bits per heavy atom. The molecule has 0 saturated carbocycles. The van der Waals surface area contributed by atoms with E-state index >= 15 is 0 Å². The molecule has 5 nitrogen and oxygen atoms in total. The fourth-order valence-electron chi connectivity index (χ4n) is 4.64. The van der Waals surface area contributed by atoms with E-state index in [1.54, 1.807) is 24.3 Å². The zero-order valence-electron chi connectivity index (χ0n) is 25.6. The highest BCUT2D eigenvalue weighted by molar-refractivity contribution is 5.92. The molecule has 0 heterocycles. The standard InChI is InChI=1S/C36H44F2O5/c1-4-5-6-7-8-11-23-42-36(40)32-21-19-30(25-34(32)38)43-35(39)28-16-20-31(33(37)24-28)27-14-17-29(18-15-27)41-22-12-9-10-13-26(2)3/h14-21,24-26H,4-13,22-23H2,1-3H3. The molecule has 232 valence electrons. The van der Waals surface area contributed by atoms with Gasteiger partial charge in [0.15, 0.2) is 0 Å². The first-order valence-electron chi connectivity index (χ1n) is 15.5. The van der Waals surface area contributed by atoms with E-state index in [1.807, 2.05) is 0 Å². The highest BCUT2D eigenvalue weighted by Crippen LogP contribution is 2.27. The summed E-state index contributed by atoms with van der Waals surface area (Å²) in [6, 6.07) is 14.6. The average molecular weight is 595 g/mol. The minimum Gasteiger partial charge on any atom is -0.494 e. The molecule has 0 atom stereocenters. The van der Waals surface area contributed by atoms with Crippen LogP contribution in [0.15, 0.2) is 60.7 Å². The Morgan fingerprint density at radius 3 is 2.07 bits per heavy atom. The molecule has 0 aliphatic rings. The molecule has 0 N–H and O–H groups in total. The van der Waals surface area contributed by atoms with Crippen LogP contribution in [-0.2, 0) is 4.74 Å². The van der Waals surface area contributed by atoms with Crippen molar-refractivity contribution in [3.8, 4) is 22.6 Å². The van der Waals surface area contributed by atoms with E-state index in [2.05, 4.69) is 20.8 Å². The quantitative estimate of drug-likeness (QED) is 0.0833. The number of hydrogen-bond donors (Lipinski definition) is 0. The van der Waals surface area contributed by atoms with Crippen LogP contribution in [0.4, 0.5) is 8.78 Å². The molecular weight excluding hydrogens is 550 g/mol. The number of halogens is 2. The van der Waals surface area contributed by atoms with Gasteiger partial charge in [0.1, 0.15) is 23.1 Å². The van der Waals surface area contributed by atoms with Gasteiger partial charge in [0, 0.05) is 11.6 Å². The third-order valence-electron chi connectivity index (χ3n) is 7.17. The number of hydrogen-bond acceptors (Lipinski definition) is 5. The van der Waals surface area contributed by atoms with Crippen LogP contribution < -0.4 is 9.47 Å². The summed E-state index contributed by atoms with van der Waals surface area (Å²) < 4.78 is 45.8. The third kappa shape index (κ3) is 11.5. The van der Waals surface area contributed by atoms with Crippen molar-refractivity contribution in [2.75, 3.05) is 13.2 Å². The molecular formula is C36H44F2O5. The summed E-state index contributed by atoms with van der Waals surface area (Å²) in [6.45, 7) is 7.45. The van der Waals surface area contributed by atoms with Gasteiger partial charge < -0.3 is 14.2 Å². The van der Waals surface area contributed by atoms with E-state index in [0.29, 0.717) is 23.7 Å². The SMILES string of the molecule is CCCCCCCCOC(=O)c1ccc(OC(=O)c2ccc(-c3ccc(OCCCCCC(C)C)cc3)c(F)c2)cc1F. The first kappa shape index (κ1) is 33.8. The van der Waals surface area contributed by atoms with Gasteiger partial charge in [0.05, 0.1) is 24.3 Å². The van der Waals surface area contributed by atoms with Crippen LogP contribution in [0, 0.1) is 17.6 Å². The van der Waals surface area contributed by atoms with Gasteiger partial charge in [0.2, 0.25) is 0 Å². The lowest BCUT2D eigenvalue weighted by Crippen LogP contribution is -2.11. The molecule has 0 aliphatic carbocycles. The molecule has 3 rings (SSSR count). The average Bonchev–Trinajstić information content (AvgIpc) is 2.98. The molecule has 0 saturated heterocycles. The molecule has 0 fully saturated rings. The Kier molecular flexibility index (Phi) is 14.2. The van der Waals surface area contributed by atoms with Crippen molar-refractivity contribution in [1.82, 2.24) is 0 Å². The van der Waals surface area contributed by atoms with Crippen LogP contribution in [-0.4, -0.2) is 25.2 Å². The van der Waals surface area contributed by atoms with Gasteiger partial charge in [-0.25, -0.2) is 18.4 Å². The monoisotopic (exact) mass is 594 g/mol. The number of benzene rings is 3. The number of unbranched alkanes of at least 4 members (excludes halogenated alkanes) is 7. The highest BCUT2D eigenvalue weighted by atomic mass is 19.1. The summed E-state index contributed by atoms with van der Waals surface area (Å²) in [6.07, 6.45) is 10.8. The Balaban J connectivity index is 1.50. The van der Waals surface area contributed by atoms with Gasteiger partial charge in [-0.05, 0) is 60.7 Å². The molecule has 3 aromatic rings. The molecule has 0 spiro atoms. The Bertz CT molecular complexity index is 1300. The maximum atomic E-state index is 15.0. The third-order valence-corrected chi connectivity index (χ3v) is 7.17. The van der Waals surface area contributed by atoms with Crippen molar-refractivity contribution < 1.29 is 32.6 Å². The first-order valence-corrected chi connectivity index (χ1v) is 15.5. The number of carbonyl (C=O) groups excluding carboxylic acids is 2. The predicted molar refractivity (Wildman–Crippen MR) is 166 cm³/mol. The van der Waals surface area contributed by atoms with Crippen molar-refractivity contribution in [1.29, 1.82) is 0 Å². The van der Waals surface area contributed by atoms with Crippen LogP contribution in [0.5, 0.6) is 11.5 Å². The van der Waals surface area contributed by atoms with Crippen molar-refractivity contribution in [2.24, 2.45) is 5.92 Å². The van der Waals surface area contributed by atoms with Gasteiger partial charge in [-0.1, -0.05) is 90.3 Å². The molecule has 7 heteroatoms. The van der Waals surface area contributed by atoms with E-state index < -0.39 is 23.6 Å². The van der Waals surface area contributed by atoms with Gasteiger partial charge in [0.25, 0.3) is 0 Å². The van der Waals surface area contributed by atoms with Crippen molar-refractivity contribution in [2.45, 2.75) is 85.0 Å². The van der Waals surface area contributed by atoms with E-state index in [1.165, 1.54) is 43.5 Å². The Morgan fingerprint density at radius 2 is 1.37 bits per heavy atom. The van der Waals surface area contributed by atoms with Crippen LogP contribution in [0.25, 0.3) is 11.1 Å². The number of ether oxygens (including phenoxy) is 3. The topological polar surface area (TPSA) is 61.8 Å². The Labute approximate surface area is 254 Å². The predicted octanol–water partition coefficient (Wildman–Crippen LogP) is 9.96. The summed E-state index contributed by atoms with van der Waals surface area (Å²) in [5, 5.41) is 0. The molecule has 0 aliphatic heterocycles. The summed E-state index contributed by atoms with van der Waals surface area (Å²) in [5.41, 5.74) is 0.704. The Hall–Kier alpha value is -3.74. The first-order chi connectivity index (χ1) is 20.8. The molecule has 0 amide bonds. The molecule has 0 unspecified atom stereocenters. The molecule has 0 bridgehead atoms. The lowest BCUT2D eigenvalue weighted by molar-refractivity contribution is 0.0492. The van der Waals surface area contributed by atoms with E-state index in [9.17, 15) is 18.4 Å². The van der Waals surface area contributed by atoms with Crippen LogP contribution in [0.3, 0.4) is 0 Å². The van der Waals surface area contributed by atoms with Crippen LogP contribution >= 0.6 is 0 Å². The van der Waals surface area contributed by atoms with Crippen molar-refractivity contribution >= 4 is 11.9 Å². The largest absolute Gasteiger partial charge is 0.494 e. The van der Waals surface area contributed by atoms with Gasteiger partial charge in [-0.3, -0.25) is 0 Å². The smallest absolute Gasteiger partial charge is 0.343 e. The molecule has 0 radical (unpaired) electrons. The van der Waals surface area contributed by atoms with Crippen molar-refractivity contribution in [3.05, 3.63) is 83.4 Å². The fraction of sp³-hybridized carbons (Fsp3) is 0.444. The maximum Gasteiger partial charge on any atom is 0.343 e. The number of rotatable bonds is 18. The van der Waals surface area contributed by atoms with Crippen LogP contribution in [0.1, 0.15) is 106 Å². The minimum atomic E-state index is -0.863. The van der Waals surface area contributed by atoms with Gasteiger partial charge in [-0.15, -0.1) is 0 Å². The minimum absolute atomic E-state index is 0.0264. The highest BCUT2D eigenvalue weighted by Gasteiger charge is 2.17. The van der Waals surface area contributed by atoms with E-state index in [-0.39, 0.29) is 23.5 Å². The zero-order valence-corrected chi connectivity index (χ0v) is 25.6. The molecule has 3 aromatic carbocycles. The normalized spacial score (nSPS) is 11.0. The lowest BCUT2D eigenvalue weighted by Gasteiger charge is -2.10. The summed E-state index contributed by atoms with van der Waals surface area (Å²) in [4.78, 5) is 24.9. The zero-order chi connectivity index (χ0) is 31.0. The summed E-state index contributed by atoms with van der Waals surface area (Å²) in [7, 11) is 0. The van der Waals surface area contributed by atoms with Crippen LogP contribution in [0.2, 0.25) is 0 Å². The second-order valence-electron chi connectivity index (χ2n) is 11.2. The molecule has 0 aromatic heterocycles. The van der Waals surface area contributed by atoms with Crippen molar-refractivity contribution in [3.63, 3.8) is 0 Å².